The lowest BCUT2D eigenvalue weighted by atomic mass is 10.1. The fourth-order valence-corrected chi connectivity index (χ4v) is 4.17. The smallest absolute Gasteiger partial charge is 0.367 e. The van der Waals surface area contributed by atoms with Crippen molar-refractivity contribution in [2.24, 2.45) is 5.10 Å². The SMILES string of the molecule is Cc1ccc(-c2nn(Cc3nn(CN4CCN(C)CC4)c(=S)o3)c(=O)n2N=Cc2ccc(F)cc2)cc1. The average molecular weight is 523 g/mol. The highest BCUT2D eigenvalue weighted by molar-refractivity contribution is 7.71. The maximum atomic E-state index is 13.3. The summed E-state index contributed by atoms with van der Waals surface area (Å²) in [6.45, 7) is 6.28. The topological polar surface area (TPSA) is 89.6 Å². The number of piperazine rings is 1. The summed E-state index contributed by atoms with van der Waals surface area (Å²) in [5, 5.41) is 13.4. The third-order valence-electron chi connectivity index (χ3n) is 6.18. The standard InChI is InChI=1S/C25H27FN8O2S/c1-18-3-7-20(8-4-18)23-29-32(24(35)34(23)27-15-19-5-9-21(26)10-6-19)16-22-28-33(25(37)36-22)17-31-13-11-30(2)12-14-31/h3-10,15H,11-14,16-17H2,1-2H3. The summed E-state index contributed by atoms with van der Waals surface area (Å²) in [6, 6.07) is 13.5. The number of rotatable bonds is 7. The van der Waals surface area contributed by atoms with Gasteiger partial charge in [-0.3, -0.25) is 4.90 Å². The Balaban J connectivity index is 1.44. The lowest BCUT2D eigenvalue weighted by Crippen LogP contribution is -2.45. The van der Waals surface area contributed by atoms with Crippen LogP contribution in [0.25, 0.3) is 11.4 Å². The van der Waals surface area contributed by atoms with Gasteiger partial charge >= 0.3 is 5.69 Å². The molecule has 0 aliphatic carbocycles. The second-order valence-corrected chi connectivity index (χ2v) is 9.41. The second-order valence-electron chi connectivity index (χ2n) is 9.06. The van der Waals surface area contributed by atoms with Crippen molar-refractivity contribution in [1.29, 1.82) is 0 Å². The first-order valence-electron chi connectivity index (χ1n) is 11.9. The molecule has 37 heavy (non-hydrogen) atoms. The van der Waals surface area contributed by atoms with E-state index < -0.39 is 5.69 Å². The molecule has 192 valence electrons. The lowest BCUT2D eigenvalue weighted by molar-refractivity contribution is 0.118. The molecule has 1 aliphatic rings. The Morgan fingerprint density at radius 1 is 1.03 bits per heavy atom. The molecule has 4 aromatic rings. The van der Waals surface area contributed by atoms with E-state index in [0.29, 0.717) is 18.1 Å². The van der Waals surface area contributed by atoms with E-state index in [4.69, 9.17) is 16.6 Å². The molecule has 12 heteroatoms. The highest BCUT2D eigenvalue weighted by Crippen LogP contribution is 2.17. The Labute approximate surface area is 217 Å². The third-order valence-corrected chi connectivity index (χ3v) is 6.48. The van der Waals surface area contributed by atoms with Crippen LogP contribution in [0.3, 0.4) is 0 Å². The van der Waals surface area contributed by atoms with Gasteiger partial charge in [-0.25, -0.2) is 18.5 Å². The van der Waals surface area contributed by atoms with Crippen LogP contribution in [0.2, 0.25) is 0 Å². The van der Waals surface area contributed by atoms with Crippen molar-refractivity contribution in [2.75, 3.05) is 33.2 Å². The Bertz CT molecular complexity index is 1510. The summed E-state index contributed by atoms with van der Waals surface area (Å²) >= 11 is 5.37. The van der Waals surface area contributed by atoms with Gasteiger partial charge < -0.3 is 9.32 Å². The largest absolute Gasteiger partial charge is 0.412 e. The zero-order valence-corrected chi connectivity index (χ0v) is 21.4. The van der Waals surface area contributed by atoms with Crippen molar-refractivity contribution in [1.82, 2.24) is 34.0 Å². The Morgan fingerprint density at radius 2 is 1.73 bits per heavy atom. The minimum absolute atomic E-state index is 0.00383. The number of halogens is 1. The molecule has 5 rings (SSSR count). The number of benzene rings is 2. The Morgan fingerprint density at radius 3 is 2.43 bits per heavy atom. The molecule has 0 spiro atoms. The van der Waals surface area contributed by atoms with Crippen molar-refractivity contribution in [3.63, 3.8) is 0 Å². The predicted molar refractivity (Wildman–Crippen MR) is 140 cm³/mol. The minimum atomic E-state index is -0.469. The monoisotopic (exact) mass is 522 g/mol. The maximum Gasteiger partial charge on any atom is 0.367 e. The molecule has 1 saturated heterocycles. The second kappa shape index (κ2) is 10.7. The number of likely N-dealkylation sites (N-methyl/N-ethyl adjacent to an activating group) is 1. The molecule has 1 aliphatic heterocycles. The van der Waals surface area contributed by atoms with Gasteiger partial charge in [0.25, 0.3) is 4.84 Å². The number of aromatic nitrogens is 5. The van der Waals surface area contributed by atoms with Crippen LogP contribution in [0.5, 0.6) is 0 Å². The number of aryl methyl sites for hydroxylation is 1. The summed E-state index contributed by atoms with van der Waals surface area (Å²) in [5.74, 6) is 0.294. The van der Waals surface area contributed by atoms with Crippen LogP contribution in [0.15, 0.2) is 62.8 Å². The zero-order chi connectivity index (χ0) is 25.9. The van der Waals surface area contributed by atoms with E-state index in [1.165, 1.54) is 27.7 Å². The summed E-state index contributed by atoms with van der Waals surface area (Å²) in [6.07, 6.45) is 1.49. The molecule has 0 bridgehead atoms. The van der Waals surface area contributed by atoms with Gasteiger partial charge in [-0.2, -0.15) is 9.78 Å². The van der Waals surface area contributed by atoms with Crippen molar-refractivity contribution >= 4 is 18.4 Å². The molecule has 10 nitrogen and oxygen atoms in total. The van der Waals surface area contributed by atoms with Crippen LogP contribution in [0.1, 0.15) is 17.0 Å². The summed E-state index contributed by atoms with van der Waals surface area (Å²) in [7, 11) is 2.10. The molecular formula is C25H27FN8O2S. The van der Waals surface area contributed by atoms with Crippen LogP contribution in [0.4, 0.5) is 4.39 Å². The van der Waals surface area contributed by atoms with Gasteiger partial charge in [-0.15, -0.1) is 10.2 Å². The van der Waals surface area contributed by atoms with E-state index in [9.17, 15) is 9.18 Å². The molecule has 0 amide bonds. The van der Waals surface area contributed by atoms with E-state index in [1.807, 2.05) is 31.2 Å². The maximum absolute atomic E-state index is 13.3. The highest BCUT2D eigenvalue weighted by Gasteiger charge is 2.19. The van der Waals surface area contributed by atoms with Crippen molar-refractivity contribution in [3.8, 4) is 11.4 Å². The molecule has 0 atom stereocenters. The third kappa shape index (κ3) is 5.82. The van der Waals surface area contributed by atoms with Crippen LogP contribution in [-0.4, -0.2) is 73.5 Å². The fraction of sp³-hybridized carbons (Fsp3) is 0.320. The van der Waals surface area contributed by atoms with E-state index in [-0.39, 0.29) is 23.1 Å². The molecule has 3 heterocycles. The number of hydrogen-bond acceptors (Lipinski definition) is 8. The van der Waals surface area contributed by atoms with Crippen LogP contribution < -0.4 is 5.69 Å². The molecule has 0 unspecified atom stereocenters. The van der Waals surface area contributed by atoms with Crippen molar-refractivity contribution < 1.29 is 8.81 Å². The highest BCUT2D eigenvalue weighted by atomic mass is 32.1. The lowest BCUT2D eigenvalue weighted by Gasteiger charge is -2.31. The normalized spacial score (nSPS) is 15.1. The molecule has 0 saturated carbocycles. The number of hydrogen-bond donors (Lipinski definition) is 0. The van der Waals surface area contributed by atoms with E-state index in [2.05, 4.69) is 32.1 Å². The van der Waals surface area contributed by atoms with Crippen molar-refractivity contribution in [2.45, 2.75) is 20.1 Å². The number of nitrogens with zero attached hydrogens (tertiary/aromatic N) is 8. The average Bonchev–Trinajstić information content (AvgIpc) is 3.39. The molecule has 0 N–H and O–H groups in total. The molecule has 0 radical (unpaired) electrons. The summed E-state index contributed by atoms with van der Waals surface area (Å²) in [4.78, 5) is 18.1. The Hall–Kier alpha value is -3.74. The van der Waals surface area contributed by atoms with Gasteiger partial charge in [0.05, 0.1) is 12.9 Å². The van der Waals surface area contributed by atoms with Gasteiger partial charge in [-0.1, -0.05) is 42.0 Å². The summed E-state index contributed by atoms with van der Waals surface area (Å²) < 4.78 is 23.1. The molecule has 2 aromatic carbocycles. The van der Waals surface area contributed by atoms with Gasteiger partial charge in [0.1, 0.15) is 12.4 Å². The predicted octanol–water partition coefficient (Wildman–Crippen LogP) is 2.81. The Kier molecular flexibility index (Phi) is 7.22. The first kappa shape index (κ1) is 24.9. The van der Waals surface area contributed by atoms with Gasteiger partial charge in [0.2, 0.25) is 5.89 Å². The first-order chi connectivity index (χ1) is 17.9. The van der Waals surface area contributed by atoms with Gasteiger partial charge in [-0.05, 0) is 43.9 Å². The van der Waals surface area contributed by atoms with Crippen LogP contribution in [0, 0.1) is 17.6 Å². The molecule has 2 aromatic heterocycles. The van der Waals surface area contributed by atoms with E-state index in [1.54, 1.807) is 16.8 Å². The first-order valence-corrected chi connectivity index (χ1v) is 12.3. The van der Waals surface area contributed by atoms with Crippen LogP contribution >= 0.6 is 12.2 Å². The zero-order valence-electron chi connectivity index (χ0n) is 20.6. The summed E-state index contributed by atoms with van der Waals surface area (Å²) in [5.41, 5.74) is 1.97. The minimum Gasteiger partial charge on any atom is -0.412 e. The molecular weight excluding hydrogens is 495 g/mol. The van der Waals surface area contributed by atoms with Gasteiger partial charge in [0, 0.05) is 31.7 Å². The van der Waals surface area contributed by atoms with Gasteiger partial charge in [0.15, 0.2) is 5.82 Å². The van der Waals surface area contributed by atoms with Crippen LogP contribution in [-0.2, 0) is 13.2 Å². The van der Waals surface area contributed by atoms with Crippen molar-refractivity contribution in [3.05, 3.63) is 86.7 Å². The molecule has 1 fully saturated rings. The fourth-order valence-electron chi connectivity index (χ4n) is 3.97. The van der Waals surface area contributed by atoms with E-state index in [0.717, 1.165) is 37.3 Å². The quantitative estimate of drug-likeness (QED) is 0.272. The van der Waals surface area contributed by atoms with E-state index >= 15 is 0 Å².